The van der Waals surface area contributed by atoms with E-state index in [0.717, 1.165) is 24.4 Å². The van der Waals surface area contributed by atoms with Gasteiger partial charge in [-0.15, -0.1) is 0 Å². The van der Waals surface area contributed by atoms with Gasteiger partial charge in [0.05, 0.1) is 24.2 Å². The van der Waals surface area contributed by atoms with Crippen molar-refractivity contribution in [2.45, 2.75) is 58.3 Å². The van der Waals surface area contributed by atoms with Crippen LogP contribution in [0.15, 0.2) is 21.9 Å². The Labute approximate surface area is 186 Å². The number of nitrogens with two attached hydrogens (primary N) is 1. The molecule has 2 N–H and O–H groups in total. The largest absolute Gasteiger partial charge is 0.464 e. The molecule has 10 heteroatoms. The Balaban J connectivity index is 2.11. The van der Waals surface area contributed by atoms with E-state index < -0.39 is 23.8 Å². The predicted octanol–water partition coefficient (Wildman–Crippen LogP) is 4.96. The lowest BCUT2D eigenvalue weighted by molar-refractivity contribution is -0.144. The zero-order chi connectivity index (χ0) is 23.1. The predicted molar refractivity (Wildman–Crippen MR) is 115 cm³/mol. The lowest BCUT2D eigenvalue weighted by atomic mass is 10.0. The molecular formula is C21H24BrF3N4O2. The molecular weight excluding hydrogens is 477 g/mol. The van der Waals surface area contributed by atoms with E-state index in [0.29, 0.717) is 17.7 Å². The summed E-state index contributed by atoms with van der Waals surface area (Å²) in [4.78, 5) is 21.2. The van der Waals surface area contributed by atoms with Crippen LogP contribution in [0.25, 0.3) is 0 Å². The molecule has 1 aliphatic heterocycles. The average molecular weight is 501 g/mol. The minimum Gasteiger partial charge on any atom is -0.464 e. The number of alkyl halides is 3. The van der Waals surface area contributed by atoms with Gasteiger partial charge in [-0.05, 0) is 52.2 Å². The van der Waals surface area contributed by atoms with E-state index in [-0.39, 0.29) is 27.9 Å². The van der Waals surface area contributed by atoms with Crippen LogP contribution in [0.4, 0.5) is 18.9 Å². The number of halogens is 4. The van der Waals surface area contributed by atoms with Gasteiger partial charge in [-0.3, -0.25) is 4.99 Å². The van der Waals surface area contributed by atoms with E-state index in [1.54, 1.807) is 20.2 Å². The fraction of sp³-hybridized carbons (Fsp3) is 0.476. The summed E-state index contributed by atoms with van der Waals surface area (Å²) in [5.41, 5.74) is 6.20. The summed E-state index contributed by atoms with van der Waals surface area (Å²) >= 11 is 3.11. The van der Waals surface area contributed by atoms with Crippen molar-refractivity contribution in [2.75, 3.05) is 12.3 Å². The number of aromatic nitrogens is 2. The van der Waals surface area contributed by atoms with E-state index in [9.17, 15) is 18.0 Å². The highest BCUT2D eigenvalue weighted by molar-refractivity contribution is 9.10. The Morgan fingerprint density at radius 2 is 2.16 bits per heavy atom. The van der Waals surface area contributed by atoms with Gasteiger partial charge in [-0.25, -0.2) is 9.78 Å². The first kappa shape index (κ1) is 23.3. The molecule has 31 heavy (non-hydrogen) atoms. The van der Waals surface area contributed by atoms with Crippen LogP contribution in [0, 0.1) is 6.92 Å². The van der Waals surface area contributed by atoms with E-state index in [4.69, 9.17) is 10.5 Å². The topological polar surface area (TPSA) is 82.5 Å². The van der Waals surface area contributed by atoms with Gasteiger partial charge in [0.1, 0.15) is 0 Å². The Bertz CT molecular complexity index is 1040. The molecule has 1 aromatic carbocycles. The number of hydrogen-bond acceptors (Lipinski definition) is 5. The van der Waals surface area contributed by atoms with Crippen LogP contribution in [-0.4, -0.2) is 28.3 Å². The number of imidazole rings is 1. The van der Waals surface area contributed by atoms with Gasteiger partial charge in [-0.2, -0.15) is 13.2 Å². The zero-order valence-electron chi connectivity index (χ0n) is 17.7. The summed E-state index contributed by atoms with van der Waals surface area (Å²) in [6, 6.07) is -0.224. The second-order valence-electron chi connectivity index (χ2n) is 8.05. The molecule has 0 spiro atoms. The molecule has 1 atom stereocenters. The number of carbonyl (C=O) groups is 1. The molecule has 168 valence electrons. The molecule has 0 saturated heterocycles. The molecule has 2 aromatic rings. The molecule has 6 nitrogen and oxygen atoms in total. The molecule has 1 aromatic heterocycles. The summed E-state index contributed by atoms with van der Waals surface area (Å²) < 4.78 is 48.3. The second kappa shape index (κ2) is 8.29. The molecule has 1 aliphatic rings. The van der Waals surface area contributed by atoms with Gasteiger partial charge in [-0.1, -0.05) is 15.9 Å². The molecule has 1 unspecified atom stereocenters. The Hall–Kier alpha value is -2.36. The van der Waals surface area contributed by atoms with Crippen molar-refractivity contribution in [1.29, 1.82) is 0 Å². The van der Waals surface area contributed by atoms with Crippen LogP contribution in [0.5, 0.6) is 0 Å². The van der Waals surface area contributed by atoms with Crippen molar-refractivity contribution < 1.29 is 22.7 Å². The van der Waals surface area contributed by atoms with Crippen molar-refractivity contribution in [2.24, 2.45) is 4.99 Å². The first-order valence-electron chi connectivity index (χ1n) is 9.80. The summed E-state index contributed by atoms with van der Waals surface area (Å²) in [7, 11) is 0. The van der Waals surface area contributed by atoms with Crippen LogP contribution in [0.2, 0.25) is 0 Å². The third-order valence-electron chi connectivity index (χ3n) is 5.57. The molecule has 0 amide bonds. The molecule has 0 bridgehead atoms. The maximum Gasteiger partial charge on any atom is 0.417 e. The number of ether oxygens (including phenoxy) is 1. The second-order valence-corrected chi connectivity index (χ2v) is 8.90. The number of hydrogen-bond donors (Lipinski definition) is 1. The van der Waals surface area contributed by atoms with Gasteiger partial charge in [0.15, 0.2) is 6.04 Å². The number of nitrogen functional groups attached to an aromatic ring is 1. The third kappa shape index (κ3) is 4.35. The van der Waals surface area contributed by atoms with Crippen molar-refractivity contribution in [3.05, 3.63) is 44.9 Å². The summed E-state index contributed by atoms with van der Waals surface area (Å²) in [6.45, 7) is 7.47. The number of nitrogens with zero attached hydrogens (tertiary/aromatic N) is 3. The number of rotatable bonds is 5. The molecule has 2 heterocycles. The van der Waals surface area contributed by atoms with Crippen molar-refractivity contribution in [1.82, 2.24) is 9.55 Å². The highest BCUT2D eigenvalue weighted by atomic mass is 79.9. The Morgan fingerprint density at radius 1 is 1.48 bits per heavy atom. The fourth-order valence-corrected chi connectivity index (χ4v) is 4.15. The van der Waals surface area contributed by atoms with Gasteiger partial charge >= 0.3 is 12.1 Å². The number of esters is 1. The zero-order valence-corrected chi connectivity index (χ0v) is 19.3. The molecule has 0 aliphatic carbocycles. The first-order valence-corrected chi connectivity index (χ1v) is 10.6. The van der Waals surface area contributed by atoms with Gasteiger partial charge in [0, 0.05) is 33.2 Å². The lowest BCUT2D eigenvalue weighted by Gasteiger charge is -2.19. The van der Waals surface area contributed by atoms with Crippen molar-refractivity contribution in [3.8, 4) is 0 Å². The van der Waals surface area contributed by atoms with E-state index in [2.05, 4.69) is 39.8 Å². The molecule has 0 saturated carbocycles. The lowest BCUT2D eigenvalue weighted by Crippen LogP contribution is -2.20. The van der Waals surface area contributed by atoms with Gasteiger partial charge in [0.2, 0.25) is 0 Å². The number of carbonyl (C=O) groups excluding carboxylic acids is 1. The fourth-order valence-electron chi connectivity index (χ4n) is 3.71. The number of fused-ring (bicyclic) bond motifs is 1. The normalized spacial score (nSPS) is 16.5. The van der Waals surface area contributed by atoms with Crippen LogP contribution < -0.4 is 5.73 Å². The summed E-state index contributed by atoms with van der Waals surface area (Å²) in [6.07, 6.45) is -0.468. The van der Waals surface area contributed by atoms with Crippen molar-refractivity contribution in [3.63, 3.8) is 0 Å². The van der Waals surface area contributed by atoms with Gasteiger partial charge < -0.3 is 15.0 Å². The van der Waals surface area contributed by atoms with E-state index in [1.807, 2.05) is 4.57 Å². The SMILES string of the molecule is CCOC(=O)C(N=Cc1c(C(F)(F)F)cc(Br)c(C)c1N)c1ncn2c1CCC2(C)C. The molecule has 3 rings (SSSR count). The highest BCUT2D eigenvalue weighted by Gasteiger charge is 2.37. The van der Waals surface area contributed by atoms with Crippen LogP contribution >= 0.6 is 15.9 Å². The smallest absolute Gasteiger partial charge is 0.417 e. The standard InChI is InChI=1S/C21H24BrF3N4O2/c1-5-31-19(30)18(17-15-6-7-20(3,4)29(15)10-28-17)27-9-12-13(21(23,24)25)8-14(22)11(2)16(12)26/h8-10,18H,5-7,26H2,1-4H3. The Kier molecular flexibility index (Phi) is 6.23. The number of benzene rings is 1. The minimum absolute atomic E-state index is 0.0655. The van der Waals surface area contributed by atoms with Crippen molar-refractivity contribution >= 4 is 33.8 Å². The first-order chi connectivity index (χ1) is 14.4. The number of aliphatic imine (C=N–C) groups is 1. The summed E-state index contributed by atoms with van der Waals surface area (Å²) in [5, 5.41) is 0. The minimum atomic E-state index is -4.65. The maximum atomic E-state index is 13.6. The maximum absolute atomic E-state index is 13.6. The van der Waals surface area contributed by atoms with Gasteiger partial charge in [0.25, 0.3) is 0 Å². The van der Waals surface area contributed by atoms with E-state index in [1.165, 1.54) is 0 Å². The quantitative estimate of drug-likeness (QED) is 0.357. The van der Waals surface area contributed by atoms with Crippen LogP contribution in [0.1, 0.15) is 61.3 Å². The monoisotopic (exact) mass is 500 g/mol. The average Bonchev–Trinajstić information content (AvgIpc) is 3.22. The molecule has 0 fully saturated rings. The summed E-state index contributed by atoms with van der Waals surface area (Å²) in [5.74, 6) is -0.675. The highest BCUT2D eigenvalue weighted by Crippen LogP contribution is 2.39. The van der Waals surface area contributed by atoms with Crippen LogP contribution in [-0.2, 0) is 27.7 Å². The third-order valence-corrected chi connectivity index (χ3v) is 6.39. The Morgan fingerprint density at radius 3 is 2.77 bits per heavy atom. The molecule has 0 radical (unpaired) electrons. The van der Waals surface area contributed by atoms with E-state index >= 15 is 0 Å². The van der Waals surface area contributed by atoms with Crippen LogP contribution in [0.3, 0.4) is 0 Å². The number of anilines is 1.